The zero-order valence-electron chi connectivity index (χ0n) is 18.1. The van der Waals surface area contributed by atoms with Gasteiger partial charge in [-0.15, -0.1) is 0 Å². The molecule has 2 aromatic rings. The molecule has 0 unspecified atom stereocenters. The third kappa shape index (κ3) is 5.85. The predicted octanol–water partition coefficient (Wildman–Crippen LogP) is 4.53. The monoisotopic (exact) mass is 425 g/mol. The Hall–Kier alpha value is -2.41. The minimum Gasteiger partial charge on any atom is -0.445 e. The molecule has 0 N–H and O–H groups in total. The Morgan fingerprint density at radius 3 is 2.26 bits per heavy atom. The number of likely N-dealkylation sites (tertiary alicyclic amines) is 1. The summed E-state index contributed by atoms with van der Waals surface area (Å²) in [7, 11) is 0. The first-order valence-electron chi connectivity index (χ1n) is 11.0. The summed E-state index contributed by atoms with van der Waals surface area (Å²) in [6, 6.07) is 19.7. The van der Waals surface area contributed by atoms with E-state index in [1.807, 2.05) is 67.6 Å². The van der Waals surface area contributed by atoms with E-state index in [2.05, 4.69) is 0 Å². The quantitative estimate of drug-likeness (QED) is 0.653. The smallest absolute Gasteiger partial charge is 0.410 e. The van der Waals surface area contributed by atoms with Crippen LogP contribution in [0.1, 0.15) is 37.3 Å². The number of benzene rings is 2. The van der Waals surface area contributed by atoms with E-state index in [9.17, 15) is 4.79 Å². The third-order valence-electron chi connectivity index (χ3n) is 5.94. The van der Waals surface area contributed by atoms with Gasteiger partial charge in [-0.05, 0) is 30.9 Å². The molecule has 0 saturated carbocycles. The Morgan fingerprint density at radius 1 is 1.00 bits per heavy atom. The molecule has 6 nitrogen and oxygen atoms in total. The van der Waals surface area contributed by atoms with Crippen LogP contribution in [0.2, 0.25) is 0 Å². The van der Waals surface area contributed by atoms with Crippen LogP contribution in [-0.2, 0) is 32.2 Å². The summed E-state index contributed by atoms with van der Waals surface area (Å²) >= 11 is 0. The highest BCUT2D eigenvalue weighted by Crippen LogP contribution is 2.33. The fraction of sp³-hybridized carbons (Fsp3) is 0.480. The minimum atomic E-state index is -0.714. The van der Waals surface area contributed by atoms with Crippen LogP contribution in [0.25, 0.3) is 0 Å². The molecular formula is C25H31NO5. The molecule has 2 saturated heterocycles. The molecule has 2 atom stereocenters. The Morgan fingerprint density at radius 2 is 1.61 bits per heavy atom. The first kappa shape index (κ1) is 21.8. The second-order valence-corrected chi connectivity index (χ2v) is 8.31. The Balaban J connectivity index is 1.45. The number of hydrogen-bond donors (Lipinski definition) is 0. The lowest BCUT2D eigenvalue weighted by atomic mass is 9.93. The van der Waals surface area contributed by atoms with E-state index in [4.69, 9.17) is 18.9 Å². The molecule has 166 valence electrons. The molecule has 0 radical (unpaired) electrons. The van der Waals surface area contributed by atoms with Crippen LogP contribution < -0.4 is 0 Å². The van der Waals surface area contributed by atoms with Crippen LogP contribution in [0.15, 0.2) is 60.7 Å². The van der Waals surface area contributed by atoms with Gasteiger partial charge in [-0.3, -0.25) is 0 Å². The lowest BCUT2D eigenvalue weighted by Gasteiger charge is -2.43. The highest BCUT2D eigenvalue weighted by Gasteiger charge is 2.43. The Labute approximate surface area is 184 Å². The molecule has 0 bridgehead atoms. The summed E-state index contributed by atoms with van der Waals surface area (Å²) in [6.07, 6.45) is 1.88. The van der Waals surface area contributed by atoms with Crippen LogP contribution in [0, 0.1) is 0 Å². The number of nitrogens with zero attached hydrogens (tertiary/aromatic N) is 1. The van der Waals surface area contributed by atoms with Crippen molar-refractivity contribution in [3.63, 3.8) is 0 Å². The van der Waals surface area contributed by atoms with Gasteiger partial charge in [-0.1, -0.05) is 60.7 Å². The number of carbonyl (C=O) groups is 1. The van der Waals surface area contributed by atoms with Gasteiger partial charge in [-0.2, -0.15) is 0 Å². The van der Waals surface area contributed by atoms with Crippen molar-refractivity contribution in [1.82, 2.24) is 4.90 Å². The maximum absolute atomic E-state index is 13.0. The molecule has 2 aromatic carbocycles. The molecule has 2 aliphatic heterocycles. The van der Waals surface area contributed by atoms with Gasteiger partial charge in [0, 0.05) is 13.0 Å². The molecule has 31 heavy (non-hydrogen) atoms. The van der Waals surface area contributed by atoms with Crippen LogP contribution in [0.3, 0.4) is 0 Å². The number of rotatable bonds is 7. The summed E-state index contributed by atoms with van der Waals surface area (Å²) in [6.45, 7) is 4.47. The minimum absolute atomic E-state index is 0.108. The molecule has 6 heteroatoms. The van der Waals surface area contributed by atoms with Gasteiger partial charge in [0.05, 0.1) is 32.0 Å². The van der Waals surface area contributed by atoms with Crippen LogP contribution in [-0.4, -0.2) is 48.7 Å². The average Bonchev–Trinajstić information content (AvgIpc) is 3.24. The topological polar surface area (TPSA) is 57.2 Å². The lowest BCUT2D eigenvalue weighted by molar-refractivity contribution is -0.171. The van der Waals surface area contributed by atoms with Gasteiger partial charge in [0.25, 0.3) is 0 Å². The maximum Gasteiger partial charge on any atom is 0.410 e. The summed E-state index contributed by atoms with van der Waals surface area (Å²) in [5.74, 6) is -0.714. The van der Waals surface area contributed by atoms with E-state index >= 15 is 0 Å². The van der Waals surface area contributed by atoms with Crippen LogP contribution >= 0.6 is 0 Å². The first-order valence-corrected chi connectivity index (χ1v) is 11.0. The average molecular weight is 426 g/mol. The van der Waals surface area contributed by atoms with E-state index < -0.39 is 5.79 Å². The summed E-state index contributed by atoms with van der Waals surface area (Å²) < 4.78 is 23.7. The van der Waals surface area contributed by atoms with Crippen molar-refractivity contribution in [2.45, 2.75) is 57.3 Å². The largest absolute Gasteiger partial charge is 0.445 e. The van der Waals surface area contributed by atoms with E-state index in [-0.39, 0.29) is 24.8 Å². The van der Waals surface area contributed by atoms with Gasteiger partial charge in [0.2, 0.25) is 0 Å². The van der Waals surface area contributed by atoms with Crippen molar-refractivity contribution < 1.29 is 23.7 Å². The molecule has 2 fully saturated rings. The highest BCUT2D eigenvalue weighted by atomic mass is 16.7. The third-order valence-corrected chi connectivity index (χ3v) is 5.94. The number of hydrogen-bond acceptors (Lipinski definition) is 5. The summed E-state index contributed by atoms with van der Waals surface area (Å²) in [4.78, 5) is 14.9. The molecule has 1 amide bonds. The normalized spacial score (nSPS) is 22.9. The lowest BCUT2D eigenvalue weighted by Crippen LogP contribution is -2.54. The van der Waals surface area contributed by atoms with Gasteiger partial charge in [-0.25, -0.2) is 4.79 Å². The van der Waals surface area contributed by atoms with E-state index in [0.717, 1.165) is 24.0 Å². The number of piperidine rings is 1. The van der Waals surface area contributed by atoms with Crippen molar-refractivity contribution in [2.24, 2.45) is 0 Å². The summed E-state index contributed by atoms with van der Waals surface area (Å²) in [5.41, 5.74) is 2.08. The first-order chi connectivity index (χ1) is 15.1. The fourth-order valence-corrected chi connectivity index (χ4v) is 4.32. The molecular weight excluding hydrogens is 394 g/mol. The van der Waals surface area contributed by atoms with E-state index in [1.165, 1.54) is 0 Å². The van der Waals surface area contributed by atoms with Gasteiger partial charge >= 0.3 is 6.09 Å². The second kappa shape index (κ2) is 10.3. The van der Waals surface area contributed by atoms with Crippen molar-refractivity contribution in [1.29, 1.82) is 0 Å². The van der Waals surface area contributed by atoms with Gasteiger partial charge in [0.15, 0.2) is 5.79 Å². The van der Waals surface area contributed by atoms with E-state index in [1.54, 1.807) is 4.90 Å². The maximum atomic E-state index is 13.0. The van der Waals surface area contributed by atoms with Crippen molar-refractivity contribution >= 4 is 6.09 Å². The molecule has 0 aromatic heterocycles. The van der Waals surface area contributed by atoms with Crippen LogP contribution in [0.5, 0.6) is 0 Å². The zero-order chi connectivity index (χ0) is 21.5. The van der Waals surface area contributed by atoms with Crippen molar-refractivity contribution in [3.05, 3.63) is 71.8 Å². The Kier molecular flexibility index (Phi) is 7.22. The van der Waals surface area contributed by atoms with Crippen molar-refractivity contribution in [3.8, 4) is 0 Å². The number of carbonyl (C=O) groups excluding carboxylic acids is 1. The molecule has 2 heterocycles. The zero-order valence-corrected chi connectivity index (χ0v) is 18.1. The molecule has 0 aliphatic carbocycles. The SMILES string of the molecule is CC1(C[C@@H]2[C@@H](OCc3ccccc3)CCCN2C(=O)OCc2ccccc2)OCCO1. The number of ether oxygens (including phenoxy) is 4. The predicted molar refractivity (Wildman–Crippen MR) is 116 cm³/mol. The van der Waals surface area contributed by atoms with Gasteiger partial charge < -0.3 is 23.8 Å². The molecule has 4 rings (SSSR count). The van der Waals surface area contributed by atoms with Crippen LogP contribution in [0.4, 0.5) is 4.79 Å². The molecule has 2 aliphatic rings. The fourth-order valence-electron chi connectivity index (χ4n) is 4.32. The Bertz CT molecular complexity index is 822. The molecule has 0 spiro atoms. The van der Waals surface area contributed by atoms with Crippen molar-refractivity contribution in [2.75, 3.05) is 19.8 Å². The summed E-state index contributed by atoms with van der Waals surface area (Å²) in [5, 5.41) is 0. The highest BCUT2D eigenvalue weighted by molar-refractivity contribution is 5.68. The standard InChI is InChI=1S/C25H31NO5/c1-25(30-15-16-31-25)17-22-23(28-18-20-9-4-2-5-10-20)13-8-14-26(22)24(27)29-19-21-11-6-3-7-12-21/h2-7,9-12,22-23H,8,13-19H2,1H3/t22-,23+/m1/s1. The number of amides is 1. The second-order valence-electron chi connectivity index (χ2n) is 8.31. The van der Waals surface area contributed by atoms with E-state index in [0.29, 0.717) is 32.8 Å². The van der Waals surface area contributed by atoms with Gasteiger partial charge in [0.1, 0.15) is 6.61 Å².